The van der Waals surface area contributed by atoms with Crippen LogP contribution < -0.4 is 10.1 Å². The molecule has 0 radical (unpaired) electrons. The lowest BCUT2D eigenvalue weighted by atomic mass is 10.0. The minimum absolute atomic E-state index is 0.251. The molecular formula is C24H18Cl2N2O2. The first-order chi connectivity index (χ1) is 14.5. The fraction of sp³-hybridized carbons (Fsp3) is 0.0833. The Morgan fingerprint density at radius 3 is 2.53 bits per heavy atom. The van der Waals surface area contributed by atoms with Crippen molar-refractivity contribution in [3.05, 3.63) is 87.9 Å². The Kier molecular flexibility index (Phi) is 5.62. The normalized spacial score (nSPS) is 10.8. The summed E-state index contributed by atoms with van der Waals surface area (Å²) in [4.78, 5) is 18.0. The van der Waals surface area contributed by atoms with Crippen LogP contribution in [0.5, 0.6) is 5.75 Å². The van der Waals surface area contributed by atoms with Crippen molar-refractivity contribution >= 4 is 45.7 Å². The number of aryl methyl sites for hydroxylation is 1. The van der Waals surface area contributed by atoms with Gasteiger partial charge in [-0.15, -0.1) is 0 Å². The van der Waals surface area contributed by atoms with Gasteiger partial charge in [0, 0.05) is 10.9 Å². The molecule has 6 heteroatoms. The monoisotopic (exact) mass is 436 g/mol. The molecule has 0 spiro atoms. The average molecular weight is 437 g/mol. The molecule has 0 aliphatic rings. The van der Waals surface area contributed by atoms with Crippen LogP contribution >= 0.6 is 23.2 Å². The molecular weight excluding hydrogens is 419 g/mol. The number of benzene rings is 3. The largest absolute Gasteiger partial charge is 0.495 e. The number of carbonyl (C=O) groups is 1. The van der Waals surface area contributed by atoms with Gasteiger partial charge in [0.25, 0.3) is 5.91 Å². The van der Waals surface area contributed by atoms with E-state index in [2.05, 4.69) is 5.32 Å². The number of nitrogens with zero attached hydrogens (tertiary/aromatic N) is 1. The van der Waals surface area contributed by atoms with Gasteiger partial charge in [-0.2, -0.15) is 0 Å². The Labute approximate surface area is 184 Å². The molecule has 3 aromatic carbocycles. The highest BCUT2D eigenvalue weighted by molar-refractivity contribution is 6.42. The van der Waals surface area contributed by atoms with Gasteiger partial charge in [-0.05, 0) is 48.9 Å². The molecule has 0 saturated carbocycles. The van der Waals surface area contributed by atoms with E-state index in [-0.39, 0.29) is 5.91 Å². The first-order valence-electron chi connectivity index (χ1n) is 9.27. The summed E-state index contributed by atoms with van der Waals surface area (Å²) in [6.45, 7) is 1.96. The number of pyridine rings is 1. The van der Waals surface area contributed by atoms with E-state index >= 15 is 0 Å². The van der Waals surface area contributed by atoms with E-state index in [1.54, 1.807) is 25.3 Å². The second-order valence-electron chi connectivity index (χ2n) is 6.86. The number of rotatable bonds is 4. The predicted molar refractivity (Wildman–Crippen MR) is 123 cm³/mol. The molecule has 0 aliphatic carbocycles. The minimum atomic E-state index is -0.251. The molecule has 4 nitrogen and oxygen atoms in total. The first kappa shape index (κ1) is 20.2. The van der Waals surface area contributed by atoms with Crippen LogP contribution in [-0.4, -0.2) is 18.0 Å². The molecule has 0 bridgehead atoms. The molecule has 1 N–H and O–H groups in total. The fourth-order valence-corrected chi connectivity index (χ4v) is 3.57. The second-order valence-corrected chi connectivity index (χ2v) is 7.67. The summed E-state index contributed by atoms with van der Waals surface area (Å²) in [5.74, 6) is 0.343. The molecule has 30 heavy (non-hydrogen) atoms. The maximum atomic E-state index is 13.3. The number of para-hydroxylation sites is 1. The Morgan fingerprint density at radius 2 is 1.77 bits per heavy atom. The van der Waals surface area contributed by atoms with Gasteiger partial charge in [-0.1, -0.05) is 53.5 Å². The molecule has 4 rings (SSSR count). The Morgan fingerprint density at radius 1 is 0.967 bits per heavy atom. The lowest BCUT2D eigenvalue weighted by molar-refractivity contribution is 0.102. The molecule has 0 atom stereocenters. The van der Waals surface area contributed by atoms with Gasteiger partial charge < -0.3 is 10.1 Å². The lowest BCUT2D eigenvalue weighted by Crippen LogP contribution is -2.14. The van der Waals surface area contributed by atoms with Crippen molar-refractivity contribution in [2.45, 2.75) is 6.92 Å². The van der Waals surface area contributed by atoms with Crippen molar-refractivity contribution in [2.24, 2.45) is 0 Å². The Bertz CT molecular complexity index is 1270. The Hall–Kier alpha value is -3.08. The zero-order chi connectivity index (χ0) is 21.3. The SMILES string of the molecule is COc1ccc(C)cc1NC(=O)c1cc(-c2ccc(Cl)c(Cl)c2)nc2ccccc12. The molecule has 1 amide bonds. The number of carbonyl (C=O) groups excluding carboxylic acids is 1. The molecule has 0 unspecified atom stereocenters. The van der Waals surface area contributed by atoms with Gasteiger partial charge in [0.1, 0.15) is 5.75 Å². The quantitative estimate of drug-likeness (QED) is 0.383. The molecule has 1 aromatic heterocycles. The number of anilines is 1. The maximum absolute atomic E-state index is 13.3. The number of hydrogen-bond donors (Lipinski definition) is 1. The summed E-state index contributed by atoms with van der Waals surface area (Å²) in [6, 6.07) is 20.2. The highest BCUT2D eigenvalue weighted by atomic mass is 35.5. The topological polar surface area (TPSA) is 51.2 Å². The van der Waals surface area contributed by atoms with Crippen molar-refractivity contribution in [3.63, 3.8) is 0 Å². The fourth-order valence-electron chi connectivity index (χ4n) is 3.28. The summed E-state index contributed by atoms with van der Waals surface area (Å²) in [5.41, 5.74) is 4.25. The van der Waals surface area contributed by atoms with Crippen LogP contribution in [0.3, 0.4) is 0 Å². The van der Waals surface area contributed by atoms with Crippen molar-refractivity contribution in [1.82, 2.24) is 4.98 Å². The highest BCUT2D eigenvalue weighted by Crippen LogP contribution is 2.31. The second kappa shape index (κ2) is 8.34. The third-order valence-corrected chi connectivity index (χ3v) is 5.52. The predicted octanol–water partition coefficient (Wildman–Crippen LogP) is 6.78. The van der Waals surface area contributed by atoms with E-state index in [4.69, 9.17) is 32.9 Å². The van der Waals surface area contributed by atoms with Crippen LogP contribution in [0.25, 0.3) is 22.2 Å². The highest BCUT2D eigenvalue weighted by Gasteiger charge is 2.16. The summed E-state index contributed by atoms with van der Waals surface area (Å²) >= 11 is 12.2. The third kappa shape index (κ3) is 3.97. The number of hydrogen-bond acceptors (Lipinski definition) is 3. The van der Waals surface area contributed by atoms with Crippen molar-refractivity contribution in [1.29, 1.82) is 0 Å². The van der Waals surface area contributed by atoms with Crippen molar-refractivity contribution in [3.8, 4) is 17.0 Å². The smallest absolute Gasteiger partial charge is 0.256 e. The van der Waals surface area contributed by atoms with Crippen LogP contribution in [0.4, 0.5) is 5.69 Å². The van der Waals surface area contributed by atoms with E-state index in [9.17, 15) is 4.79 Å². The molecule has 0 saturated heterocycles. The Balaban J connectivity index is 1.82. The van der Waals surface area contributed by atoms with Crippen molar-refractivity contribution in [2.75, 3.05) is 12.4 Å². The number of aromatic nitrogens is 1. The van der Waals surface area contributed by atoms with Crippen LogP contribution in [0.1, 0.15) is 15.9 Å². The van der Waals surface area contributed by atoms with Gasteiger partial charge in [0.05, 0.1) is 39.6 Å². The molecule has 4 aromatic rings. The maximum Gasteiger partial charge on any atom is 0.256 e. The lowest BCUT2D eigenvalue weighted by Gasteiger charge is -2.13. The van der Waals surface area contributed by atoms with Crippen LogP contribution in [0.2, 0.25) is 10.0 Å². The first-order valence-corrected chi connectivity index (χ1v) is 10.0. The summed E-state index contributed by atoms with van der Waals surface area (Å²) in [6.07, 6.45) is 0. The summed E-state index contributed by atoms with van der Waals surface area (Å²) in [7, 11) is 1.57. The van der Waals surface area contributed by atoms with E-state index in [0.29, 0.717) is 38.3 Å². The standard InChI is InChI=1S/C24H18Cl2N2O2/c1-14-7-10-23(30-2)22(11-14)28-24(29)17-13-21(15-8-9-18(25)19(26)12-15)27-20-6-4-3-5-16(17)20/h3-13H,1-2H3,(H,28,29). The van der Waals surface area contributed by atoms with E-state index in [0.717, 1.165) is 16.5 Å². The summed E-state index contributed by atoms with van der Waals surface area (Å²) in [5, 5.41) is 4.62. The van der Waals surface area contributed by atoms with Gasteiger partial charge in [0.15, 0.2) is 0 Å². The number of ether oxygens (including phenoxy) is 1. The zero-order valence-electron chi connectivity index (χ0n) is 16.4. The number of amides is 1. The number of nitrogens with one attached hydrogen (secondary N) is 1. The number of fused-ring (bicyclic) bond motifs is 1. The average Bonchev–Trinajstić information content (AvgIpc) is 2.75. The van der Waals surface area contributed by atoms with E-state index < -0.39 is 0 Å². The van der Waals surface area contributed by atoms with Gasteiger partial charge >= 0.3 is 0 Å². The van der Waals surface area contributed by atoms with Crippen LogP contribution in [0, 0.1) is 6.92 Å². The number of halogens is 2. The van der Waals surface area contributed by atoms with Crippen LogP contribution in [0.15, 0.2) is 66.7 Å². The molecule has 150 valence electrons. The van der Waals surface area contributed by atoms with Gasteiger partial charge in [0.2, 0.25) is 0 Å². The van der Waals surface area contributed by atoms with Gasteiger partial charge in [-0.3, -0.25) is 4.79 Å². The van der Waals surface area contributed by atoms with Crippen molar-refractivity contribution < 1.29 is 9.53 Å². The van der Waals surface area contributed by atoms with E-state index in [1.165, 1.54) is 0 Å². The van der Waals surface area contributed by atoms with Crippen LogP contribution in [-0.2, 0) is 0 Å². The minimum Gasteiger partial charge on any atom is -0.495 e. The number of methoxy groups -OCH3 is 1. The summed E-state index contributed by atoms with van der Waals surface area (Å²) < 4.78 is 5.39. The van der Waals surface area contributed by atoms with Gasteiger partial charge in [-0.25, -0.2) is 4.98 Å². The zero-order valence-corrected chi connectivity index (χ0v) is 17.9. The van der Waals surface area contributed by atoms with E-state index in [1.807, 2.05) is 55.5 Å². The molecule has 1 heterocycles. The molecule has 0 fully saturated rings. The third-order valence-electron chi connectivity index (χ3n) is 4.78. The molecule has 0 aliphatic heterocycles.